The van der Waals surface area contributed by atoms with E-state index in [0.717, 1.165) is 27.3 Å². The topological polar surface area (TPSA) is 55.8 Å². The minimum absolute atomic E-state index is 0.269. The molecule has 0 unspecified atom stereocenters. The lowest BCUT2D eigenvalue weighted by Gasteiger charge is -2.11. The van der Waals surface area contributed by atoms with Gasteiger partial charge in [0.25, 0.3) is 0 Å². The van der Waals surface area contributed by atoms with Crippen LogP contribution in [0.3, 0.4) is 0 Å². The van der Waals surface area contributed by atoms with Crippen molar-refractivity contribution in [2.75, 3.05) is 13.2 Å². The second-order valence-electron chi connectivity index (χ2n) is 6.38. The van der Waals surface area contributed by atoms with Crippen LogP contribution >= 0.6 is 11.3 Å². The Kier molecular flexibility index (Phi) is 6.50. The van der Waals surface area contributed by atoms with Crippen LogP contribution in [0.4, 0.5) is 0 Å². The molecule has 28 heavy (non-hydrogen) atoms. The van der Waals surface area contributed by atoms with Crippen LogP contribution < -0.4 is 9.47 Å². The van der Waals surface area contributed by atoms with Crippen molar-refractivity contribution in [2.45, 2.75) is 13.8 Å². The number of benzene rings is 2. The van der Waals surface area contributed by atoms with Crippen molar-refractivity contribution in [2.24, 2.45) is 0 Å². The molecular weight excluding hydrogens is 372 g/mol. The molecule has 0 aliphatic rings. The second kappa shape index (κ2) is 9.24. The number of carboxylic acids is 1. The van der Waals surface area contributed by atoms with Crippen LogP contribution in [-0.2, 0) is 4.79 Å². The van der Waals surface area contributed by atoms with Gasteiger partial charge in [-0.3, -0.25) is 0 Å². The molecule has 0 spiro atoms. The van der Waals surface area contributed by atoms with E-state index in [0.29, 0.717) is 19.0 Å². The summed E-state index contributed by atoms with van der Waals surface area (Å²) in [7, 11) is 0. The Balaban J connectivity index is 1.62. The first-order chi connectivity index (χ1) is 13.5. The maximum Gasteiger partial charge on any atom is 0.337 e. The van der Waals surface area contributed by atoms with Crippen LogP contribution in [0.1, 0.15) is 21.6 Å². The third-order valence-electron chi connectivity index (χ3n) is 4.14. The first-order valence-corrected chi connectivity index (χ1v) is 9.82. The average molecular weight is 394 g/mol. The Bertz CT molecular complexity index is 974. The molecule has 0 saturated heterocycles. The van der Waals surface area contributed by atoms with Crippen LogP contribution in [0.2, 0.25) is 0 Å². The lowest BCUT2D eigenvalue weighted by molar-refractivity contribution is -0.130. The van der Waals surface area contributed by atoms with Crippen LogP contribution in [0, 0.1) is 13.8 Å². The van der Waals surface area contributed by atoms with Gasteiger partial charge in [0.2, 0.25) is 0 Å². The molecule has 0 bridgehead atoms. The van der Waals surface area contributed by atoms with Crippen LogP contribution in [0.15, 0.2) is 60.0 Å². The predicted molar refractivity (Wildman–Crippen MR) is 113 cm³/mol. The Labute approximate surface area is 168 Å². The first-order valence-electron chi connectivity index (χ1n) is 8.95. The molecule has 0 saturated carbocycles. The molecule has 3 aromatic rings. The van der Waals surface area contributed by atoms with E-state index in [9.17, 15) is 9.90 Å². The van der Waals surface area contributed by atoms with E-state index in [1.807, 2.05) is 61.7 Å². The number of rotatable bonds is 8. The third kappa shape index (κ3) is 5.24. The average Bonchev–Trinajstić information content (AvgIpc) is 3.20. The van der Waals surface area contributed by atoms with E-state index in [1.165, 1.54) is 11.3 Å². The summed E-state index contributed by atoms with van der Waals surface area (Å²) in [6.07, 6.45) is 1.66. The molecule has 0 aliphatic carbocycles. The molecule has 0 atom stereocenters. The summed E-state index contributed by atoms with van der Waals surface area (Å²) >= 11 is 1.40. The summed E-state index contributed by atoms with van der Waals surface area (Å²) in [6, 6.07) is 17.1. The van der Waals surface area contributed by atoms with Crippen molar-refractivity contribution in [1.82, 2.24) is 0 Å². The number of carboxylic acid groups (broad SMARTS) is 1. The number of hydrogen-bond acceptors (Lipinski definition) is 4. The number of carbonyl (C=O) groups is 1. The summed E-state index contributed by atoms with van der Waals surface area (Å²) in [5.41, 5.74) is 3.29. The van der Waals surface area contributed by atoms with Crippen molar-refractivity contribution in [3.8, 4) is 11.5 Å². The van der Waals surface area contributed by atoms with Gasteiger partial charge in [-0.25, -0.2) is 4.79 Å². The van der Waals surface area contributed by atoms with Gasteiger partial charge in [0.1, 0.15) is 24.7 Å². The number of hydrogen-bond donors (Lipinski definition) is 1. The molecule has 1 heterocycles. The Morgan fingerprint density at radius 2 is 1.86 bits per heavy atom. The van der Waals surface area contributed by atoms with E-state index in [2.05, 4.69) is 6.07 Å². The molecule has 0 aliphatic heterocycles. The van der Waals surface area contributed by atoms with Crippen molar-refractivity contribution in [3.05, 3.63) is 81.5 Å². The zero-order chi connectivity index (χ0) is 19.9. The summed E-state index contributed by atoms with van der Waals surface area (Å²) in [5.74, 6) is 0.590. The molecule has 5 heteroatoms. The fourth-order valence-electron chi connectivity index (χ4n) is 2.70. The highest BCUT2D eigenvalue weighted by Crippen LogP contribution is 2.25. The van der Waals surface area contributed by atoms with E-state index in [1.54, 1.807) is 12.1 Å². The fraction of sp³-hybridized carbons (Fsp3) is 0.174. The standard InChI is InChI=1S/C23H22O4S/c1-16-8-9-17(2)21(13-16)27-11-10-26-19-6-3-5-18(14-19)15-20(23(24)25)22-7-4-12-28-22/h3-9,12-15H,10-11H2,1-2H3,(H,24,25). The highest BCUT2D eigenvalue weighted by molar-refractivity contribution is 7.11. The van der Waals surface area contributed by atoms with Gasteiger partial charge in [-0.05, 0) is 66.3 Å². The zero-order valence-electron chi connectivity index (χ0n) is 15.8. The van der Waals surface area contributed by atoms with Crippen molar-refractivity contribution in [1.29, 1.82) is 0 Å². The van der Waals surface area contributed by atoms with Gasteiger partial charge in [0.15, 0.2) is 0 Å². The number of ether oxygens (including phenoxy) is 2. The minimum Gasteiger partial charge on any atom is -0.490 e. The Morgan fingerprint density at radius 1 is 1.04 bits per heavy atom. The van der Waals surface area contributed by atoms with Crippen molar-refractivity contribution >= 4 is 29.0 Å². The molecule has 1 aromatic heterocycles. The van der Waals surface area contributed by atoms with E-state index >= 15 is 0 Å². The summed E-state index contributed by atoms with van der Waals surface area (Å²) < 4.78 is 11.6. The fourth-order valence-corrected chi connectivity index (χ4v) is 3.44. The monoisotopic (exact) mass is 394 g/mol. The lowest BCUT2D eigenvalue weighted by atomic mass is 10.1. The maximum absolute atomic E-state index is 11.6. The zero-order valence-corrected chi connectivity index (χ0v) is 16.7. The Morgan fingerprint density at radius 3 is 2.61 bits per heavy atom. The van der Waals surface area contributed by atoms with Gasteiger partial charge >= 0.3 is 5.97 Å². The van der Waals surface area contributed by atoms with Gasteiger partial charge in [-0.15, -0.1) is 11.3 Å². The van der Waals surface area contributed by atoms with Gasteiger partial charge in [0, 0.05) is 4.88 Å². The SMILES string of the molecule is Cc1ccc(C)c(OCCOc2cccc(C=C(C(=O)O)c3cccs3)c2)c1. The molecule has 0 radical (unpaired) electrons. The van der Waals surface area contributed by atoms with Crippen LogP contribution in [0.5, 0.6) is 11.5 Å². The van der Waals surface area contributed by atoms with Gasteiger partial charge in [-0.1, -0.05) is 30.3 Å². The largest absolute Gasteiger partial charge is 0.490 e. The molecule has 4 nitrogen and oxygen atoms in total. The molecule has 3 rings (SSSR count). The Hall–Kier alpha value is -3.05. The summed E-state index contributed by atoms with van der Waals surface area (Å²) in [5, 5.41) is 11.4. The number of thiophene rings is 1. The van der Waals surface area contributed by atoms with Gasteiger partial charge in [0.05, 0.1) is 5.57 Å². The molecule has 1 N–H and O–H groups in total. The second-order valence-corrected chi connectivity index (χ2v) is 7.33. The van der Waals surface area contributed by atoms with E-state index in [4.69, 9.17) is 9.47 Å². The van der Waals surface area contributed by atoms with Crippen molar-refractivity contribution < 1.29 is 19.4 Å². The molecule has 2 aromatic carbocycles. The van der Waals surface area contributed by atoms with Gasteiger partial charge in [-0.2, -0.15) is 0 Å². The molecule has 144 valence electrons. The highest BCUT2D eigenvalue weighted by atomic mass is 32.1. The lowest BCUT2D eigenvalue weighted by Crippen LogP contribution is -2.09. The van der Waals surface area contributed by atoms with Crippen LogP contribution in [0.25, 0.3) is 11.6 Å². The third-order valence-corrected chi connectivity index (χ3v) is 5.04. The summed E-state index contributed by atoms with van der Waals surface area (Å²) in [6.45, 7) is 4.87. The van der Waals surface area contributed by atoms with Gasteiger partial charge < -0.3 is 14.6 Å². The molecule has 0 amide bonds. The van der Waals surface area contributed by atoms with E-state index in [-0.39, 0.29) is 5.57 Å². The smallest absolute Gasteiger partial charge is 0.337 e. The minimum atomic E-state index is -0.948. The summed E-state index contributed by atoms with van der Waals surface area (Å²) in [4.78, 5) is 12.3. The van der Waals surface area contributed by atoms with Crippen LogP contribution in [-0.4, -0.2) is 24.3 Å². The van der Waals surface area contributed by atoms with Crippen molar-refractivity contribution in [3.63, 3.8) is 0 Å². The number of aryl methyl sites for hydroxylation is 2. The quantitative estimate of drug-likeness (QED) is 0.408. The first kappa shape index (κ1) is 19.7. The molecule has 0 fully saturated rings. The molecular formula is C23H22O4S. The maximum atomic E-state index is 11.6. The number of aliphatic carboxylic acids is 1. The highest BCUT2D eigenvalue weighted by Gasteiger charge is 2.11. The van der Waals surface area contributed by atoms with E-state index < -0.39 is 5.97 Å². The predicted octanol–water partition coefficient (Wildman–Crippen LogP) is 5.45. The normalized spacial score (nSPS) is 11.3.